The Morgan fingerprint density at radius 2 is 1.85 bits per heavy atom. The predicted molar refractivity (Wildman–Crippen MR) is 76.6 cm³/mol. The third-order valence-corrected chi connectivity index (χ3v) is 4.94. The van der Waals surface area contributed by atoms with Crippen LogP contribution in [0.3, 0.4) is 0 Å². The molecule has 3 aliphatic rings. The highest BCUT2D eigenvalue weighted by molar-refractivity contribution is 6.03. The molecule has 0 bridgehead atoms. The van der Waals surface area contributed by atoms with Gasteiger partial charge in [0, 0.05) is 5.92 Å². The van der Waals surface area contributed by atoms with Crippen LogP contribution in [0.4, 0.5) is 0 Å². The van der Waals surface area contributed by atoms with Crippen LogP contribution in [0.25, 0.3) is 0 Å². The van der Waals surface area contributed by atoms with Gasteiger partial charge in [-0.2, -0.15) is 10.2 Å². The Morgan fingerprint density at radius 1 is 1.25 bits per heavy atom. The van der Waals surface area contributed by atoms with Gasteiger partial charge in [-0.25, -0.2) is 0 Å². The van der Waals surface area contributed by atoms with Gasteiger partial charge in [0.1, 0.15) is 0 Å². The Hall–Kier alpha value is -1.03. The first-order chi connectivity index (χ1) is 9.06. The minimum Gasteiger partial charge on any atom is -0.356 e. The first-order valence-electron chi connectivity index (χ1n) is 7.36. The molecule has 2 aliphatic heterocycles. The van der Waals surface area contributed by atoms with E-state index in [0.717, 1.165) is 5.57 Å². The first kappa shape index (κ1) is 13.9. The molecule has 0 aromatic rings. The van der Waals surface area contributed by atoms with Gasteiger partial charge in [-0.15, -0.1) is 0 Å². The lowest BCUT2D eigenvalue weighted by molar-refractivity contribution is -0.134. The van der Waals surface area contributed by atoms with Crippen LogP contribution in [0, 0.1) is 16.7 Å². The second-order valence-electron chi connectivity index (χ2n) is 8.32. The molecule has 20 heavy (non-hydrogen) atoms. The minimum atomic E-state index is -0.752. The Balaban J connectivity index is 2.20. The van der Waals surface area contributed by atoms with Gasteiger partial charge in [-0.1, -0.05) is 47.6 Å². The highest BCUT2D eigenvalue weighted by Crippen LogP contribution is 2.58. The summed E-state index contributed by atoms with van der Waals surface area (Å²) < 4.78 is 5.70. The van der Waals surface area contributed by atoms with Crippen molar-refractivity contribution in [1.82, 2.24) is 0 Å². The Kier molecular flexibility index (Phi) is 2.50. The van der Waals surface area contributed by atoms with Crippen molar-refractivity contribution in [2.24, 2.45) is 27.0 Å². The number of ether oxygens (including phenoxy) is 1. The molecule has 1 fully saturated rings. The molecule has 0 amide bonds. The number of hydrogen-bond donors (Lipinski definition) is 0. The zero-order valence-corrected chi connectivity index (χ0v) is 13.3. The van der Waals surface area contributed by atoms with Crippen molar-refractivity contribution >= 4 is 5.78 Å². The summed E-state index contributed by atoms with van der Waals surface area (Å²) in [5.41, 5.74) is -0.692. The number of fused-ring (bicyclic) bond motifs is 1. The molecule has 0 aromatic carbocycles. The zero-order chi connectivity index (χ0) is 15.0. The lowest BCUT2D eigenvalue weighted by Gasteiger charge is -2.46. The second-order valence-corrected chi connectivity index (χ2v) is 8.32. The van der Waals surface area contributed by atoms with Crippen molar-refractivity contribution < 1.29 is 9.53 Å². The number of hydrogen-bond acceptors (Lipinski definition) is 4. The normalized spacial score (nSPS) is 40.0. The van der Waals surface area contributed by atoms with E-state index in [-0.39, 0.29) is 22.5 Å². The monoisotopic (exact) mass is 276 g/mol. The molecule has 2 heterocycles. The number of ketones is 1. The third kappa shape index (κ3) is 1.49. The zero-order valence-electron chi connectivity index (χ0n) is 13.3. The van der Waals surface area contributed by atoms with Crippen molar-refractivity contribution in [2.45, 2.75) is 52.7 Å². The van der Waals surface area contributed by atoms with Crippen LogP contribution in [0.15, 0.2) is 21.9 Å². The largest absolute Gasteiger partial charge is 0.356 e. The molecule has 3 atom stereocenters. The highest BCUT2D eigenvalue weighted by atomic mass is 16.6. The van der Waals surface area contributed by atoms with Crippen LogP contribution < -0.4 is 0 Å². The smallest absolute Gasteiger partial charge is 0.201 e. The van der Waals surface area contributed by atoms with Gasteiger partial charge >= 0.3 is 0 Å². The van der Waals surface area contributed by atoms with E-state index in [0.29, 0.717) is 13.2 Å². The quantitative estimate of drug-likeness (QED) is 0.504. The standard InChI is InChI=1S/C16H24N2O2/c1-13(2,3)11-7-10-8-17-18-16(10,14(4,5)6)12(19)15(11)9-20-15/h7,10H,8-9H2,1-6H3/t10-,15+,16+/m0/s1. The van der Waals surface area contributed by atoms with Crippen LogP contribution in [0.1, 0.15) is 41.5 Å². The van der Waals surface area contributed by atoms with Crippen LogP contribution in [0.2, 0.25) is 0 Å². The summed E-state index contributed by atoms with van der Waals surface area (Å²) in [5, 5.41) is 8.68. The van der Waals surface area contributed by atoms with E-state index >= 15 is 0 Å². The lowest BCUT2D eigenvalue weighted by Crippen LogP contribution is -2.61. The van der Waals surface area contributed by atoms with Crippen LogP contribution in [0.5, 0.6) is 0 Å². The van der Waals surface area contributed by atoms with Crippen molar-refractivity contribution in [3.8, 4) is 0 Å². The molecule has 110 valence electrons. The van der Waals surface area contributed by atoms with E-state index < -0.39 is 11.1 Å². The SMILES string of the molecule is CC(C)(C)C1=C[C@H]2CN=N[C@@]2(C(C)(C)C)C(=O)[C@@]12CO2. The molecule has 3 rings (SSSR count). The number of rotatable bonds is 0. The molecule has 4 heteroatoms. The maximum atomic E-state index is 13.3. The number of carbonyl (C=O) groups is 1. The summed E-state index contributed by atoms with van der Waals surface area (Å²) in [7, 11) is 0. The fourth-order valence-electron chi connectivity index (χ4n) is 3.86. The predicted octanol–water partition coefficient (Wildman–Crippen LogP) is 3.18. The van der Waals surface area contributed by atoms with Gasteiger partial charge in [-0.05, 0) is 16.4 Å². The molecule has 1 aliphatic carbocycles. The van der Waals surface area contributed by atoms with Crippen LogP contribution >= 0.6 is 0 Å². The van der Waals surface area contributed by atoms with E-state index in [9.17, 15) is 4.79 Å². The Labute approximate surface area is 120 Å². The molecule has 0 aromatic heterocycles. The van der Waals surface area contributed by atoms with Crippen molar-refractivity contribution in [3.05, 3.63) is 11.6 Å². The third-order valence-electron chi connectivity index (χ3n) is 4.94. The molecule has 1 spiro atoms. The Morgan fingerprint density at radius 3 is 2.30 bits per heavy atom. The van der Waals surface area contributed by atoms with Gasteiger partial charge in [-0.3, -0.25) is 4.79 Å². The Bertz CT molecular complexity index is 530. The molecule has 1 saturated heterocycles. The molecule has 0 saturated carbocycles. The summed E-state index contributed by atoms with van der Waals surface area (Å²) in [6.45, 7) is 13.8. The summed E-state index contributed by atoms with van der Waals surface area (Å²) >= 11 is 0. The van der Waals surface area contributed by atoms with Gasteiger partial charge in [0.2, 0.25) is 5.78 Å². The average molecular weight is 276 g/mol. The summed E-state index contributed by atoms with van der Waals surface area (Å²) in [5.74, 6) is 0.190. The van der Waals surface area contributed by atoms with E-state index in [4.69, 9.17) is 4.74 Å². The summed E-state index contributed by atoms with van der Waals surface area (Å²) in [6.07, 6.45) is 2.24. The maximum absolute atomic E-state index is 13.3. The fraction of sp³-hybridized carbons (Fsp3) is 0.812. The maximum Gasteiger partial charge on any atom is 0.201 e. The summed E-state index contributed by atoms with van der Waals surface area (Å²) in [6, 6.07) is 0. The van der Waals surface area contributed by atoms with E-state index in [2.05, 4.69) is 57.8 Å². The highest BCUT2D eigenvalue weighted by Gasteiger charge is 2.71. The van der Waals surface area contributed by atoms with Gasteiger partial charge in [0.05, 0.1) is 13.2 Å². The molecule has 0 N–H and O–H groups in total. The number of nitrogens with zero attached hydrogens (tertiary/aromatic N) is 2. The molecule has 0 unspecified atom stereocenters. The van der Waals surface area contributed by atoms with Crippen molar-refractivity contribution in [3.63, 3.8) is 0 Å². The minimum absolute atomic E-state index is 0.0686. The summed E-state index contributed by atoms with van der Waals surface area (Å²) in [4.78, 5) is 13.3. The van der Waals surface area contributed by atoms with Crippen molar-refractivity contribution in [2.75, 3.05) is 13.2 Å². The van der Waals surface area contributed by atoms with E-state index in [1.807, 2.05) is 0 Å². The fourth-order valence-corrected chi connectivity index (χ4v) is 3.86. The van der Waals surface area contributed by atoms with Gasteiger partial charge in [0.15, 0.2) is 11.1 Å². The molecular weight excluding hydrogens is 252 g/mol. The van der Waals surface area contributed by atoms with Crippen LogP contribution in [-0.4, -0.2) is 30.1 Å². The average Bonchev–Trinajstić information content (AvgIpc) is 2.92. The second kappa shape index (κ2) is 3.59. The van der Waals surface area contributed by atoms with Crippen LogP contribution in [-0.2, 0) is 9.53 Å². The van der Waals surface area contributed by atoms with Gasteiger partial charge < -0.3 is 4.74 Å². The number of carbonyl (C=O) groups excluding carboxylic acids is 1. The van der Waals surface area contributed by atoms with Crippen molar-refractivity contribution in [1.29, 1.82) is 0 Å². The first-order valence-corrected chi connectivity index (χ1v) is 7.36. The van der Waals surface area contributed by atoms with E-state index in [1.165, 1.54) is 0 Å². The molecular formula is C16H24N2O2. The number of azo groups is 1. The number of epoxide rings is 1. The number of Topliss-reactive ketones (excluding diaryl/α,β-unsaturated/α-hetero) is 1. The molecule has 4 nitrogen and oxygen atoms in total. The van der Waals surface area contributed by atoms with Gasteiger partial charge in [0.25, 0.3) is 0 Å². The van der Waals surface area contributed by atoms with E-state index in [1.54, 1.807) is 0 Å². The lowest BCUT2D eigenvalue weighted by atomic mass is 9.56. The topological polar surface area (TPSA) is 54.3 Å². The molecule has 0 radical (unpaired) electrons.